The van der Waals surface area contributed by atoms with Crippen molar-refractivity contribution >= 4 is 11.8 Å². The molecular formula is C16H15FN2S. The number of nitrogens with two attached hydrogens (primary N) is 1. The maximum absolute atomic E-state index is 13.9. The molecule has 0 saturated heterocycles. The molecule has 1 unspecified atom stereocenters. The van der Waals surface area contributed by atoms with Gasteiger partial charge in [0.1, 0.15) is 11.9 Å². The molecule has 4 heteroatoms. The van der Waals surface area contributed by atoms with Crippen molar-refractivity contribution < 1.29 is 4.39 Å². The first-order chi connectivity index (χ1) is 9.61. The quantitative estimate of drug-likeness (QED) is 0.864. The van der Waals surface area contributed by atoms with Gasteiger partial charge in [0.15, 0.2) is 0 Å². The largest absolute Gasteiger partial charge is 0.324 e. The van der Waals surface area contributed by atoms with E-state index in [9.17, 15) is 4.39 Å². The van der Waals surface area contributed by atoms with Crippen LogP contribution in [-0.2, 0) is 5.75 Å². The standard InChI is InChI=1S/C16H15FN2S/c1-11(19)12-4-3-7-15(8-12)20-10-14-6-2-5-13(9-18)16(14)17/h2-8,11H,10,19H2,1H3. The van der Waals surface area contributed by atoms with Gasteiger partial charge in [0.2, 0.25) is 0 Å². The van der Waals surface area contributed by atoms with Gasteiger partial charge in [-0.25, -0.2) is 4.39 Å². The molecule has 20 heavy (non-hydrogen) atoms. The lowest BCUT2D eigenvalue weighted by atomic mass is 10.1. The van der Waals surface area contributed by atoms with Crippen LogP contribution in [0.15, 0.2) is 47.4 Å². The van der Waals surface area contributed by atoms with Crippen molar-refractivity contribution in [3.05, 3.63) is 65.0 Å². The molecule has 2 rings (SSSR count). The van der Waals surface area contributed by atoms with Crippen molar-refractivity contribution in [1.82, 2.24) is 0 Å². The monoisotopic (exact) mass is 286 g/mol. The summed E-state index contributed by atoms with van der Waals surface area (Å²) in [5, 5.41) is 8.81. The Labute approximate surface area is 122 Å². The van der Waals surface area contributed by atoms with Crippen LogP contribution in [0.2, 0.25) is 0 Å². The van der Waals surface area contributed by atoms with Crippen molar-refractivity contribution in [2.45, 2.75) is 23.6 Å². The van der Waals surface area contributed by atoms with E-state index in [0.717, 1.165) is 10.5 Å². The Bertz CT molecular complexity index is 647. The van der Waals surface area contributed by atoms with Crippen LogP contribution in [0.25, 0.3) is 0 Å². The van der Waals surface area contributed by atoms with E-state index in [1.807, 2.05) is 37.3 Å². The van der Waals surface area contributed by atoms with Gasteiger partial charge in [-0.3, -0.25) is 0 Å². The molecule has 2 aromatic carbocycles. The summed E-state index contributed by atoms with van der Waals surface area (Å²) in [6, 6.07) is 14.7. The normalized spacial score (nSPS) is 11.9. The lowest BCUT2D eigenvalue weighted by Gasteiger charge is -2.08. The van der Waals surface area contributed by atoms with Crippen molar-refractivity contribution in [3.8, 4) is 6.07 Å². The van der Waals surface area contributed by atoms with Crippen LogP contribution in [0, 0.1) is 17.1 Å². The Hall–Kier alpha value is -1.83. The molecule has 0 aliphatic rings. The molecular weight excluding hydrogens is 271 g/mol. The summed E-state index contributed by atoms with van der Waals surface area (Å²) < 4.78 is 13.9. The third kappa shape index (κ3) is 3.38. The van der Waals surface area contributed by atoms with Crippen molar-refractivity contribution in [1.29, 1.82) is 5.26 Å². The molecule has 0 saturated carbocycles. The van der Waals surface area contributed by atoms with E-state index in [4.69, 9.17) is 11.0 Å². The van der Waals surface area contributed by atoms with E-state index in [0.29, 0.717) is 11.3 Å². The molecule has 0 aliphatic heterocycles. The number of thioether (sulfide) groups is 1. The fourth-order valence-electron chi connectivity index (χ4n) is 1.83. The first-order valence-electron chi connectivity index (χ1n) is 6.27. The predicted molar refractivity (Wildman–Crippen MR) is 79.7 cm³/mol. The molecule has 2 nitrogen and oxygen atoms in total. The minimum atomic E-state index is -0.425. The molecule has 0 bridgehead atoms. The highest BCUT2D eigenvalue weighted by Crippen LogP contribution is 2.26. The number of hydrogen-bond acceptors (Lipinski definition) is 3. The van der Waals surface area contributed by atoms with Crippen LogP contribution < -0.4 is 5.73 Å². The Morgan fingerprint density at radius 1 is 1.30 bits per heavy atom. The van der Waals surface area contributed by atoms with Gasteiger partial charge in [-0.05, 0) is 36.2 Å². The summed E-state index contributed by atoms with van der Waals surface area (Å²) in [5.41, 5.74) is 7.54. The number of halogens is 1. The first-order valence-corrected chi connectivity index (χ1v) is 7.26. The van der Waals surface area contributed by atoms with E-state index >= 15 is 0 Å². The first kappa shape index (κ1) is 14.6. The average molecular weight is 286 g/mol. The molecule has 0 aromatic heterocycles. The molecule has 0 spiro atoms. The molecule has 0 fully saturated rings. The zero-order valence-electron chi connectivity index (χ0n) is 11.1. The number of hydrogen-bond donors (Lipinski definition) is 1. The van der Waals surface area contributed by atoms with Gasteiger partial charge >= 0.3 is 0 Å². The van der Waals surface area contributed by atoms with Gasteiger partial charge in [-0.2, -0.15) is 5.26 Å². The minimum absolute atomic E-state index is 0.0193. The van der Waals surface area contributed by atoms with Crippen LogP contribution in [0.1, 0.15) is 29.7 Å². The lowest BCUT2D eigenvalue weighted by molar-refractivity contribution is 0.613. The van der Waals surface area contributed by atoms with Gasteiger partial charge in [-0.15, -0.1) is 11.8 Å². The van der Waals surface area contributed by atoms with Crippen LogP contribution in [0.4, 0.5) is 4.39 Å². The fourth-order valence-corrected chi connectivity index (χ4v) is 2.77. The summed E-state index contributed by atoms with van der Waals surface area (Å²) in [4.78, 5) is 1.04. The highest BCUT2D eigenvalue weighted by atomic mass is 32.2. The molecule has 2 aromatic rings. The summed E-state index contributed by atoms with van der Waals surface area (Å²) in [7, 11) is 0. The zero-order chi connectivity index (χ0) is 14.5. The van der Waals surface area contributed by atoms with E-state index in [1.54, 1.807) is 12.1 Å². The van der Waals surface area contributed by atoms with E-state index in [-0.39, 0.29) is 11.6 Å². The van der Waals surface area contributed by atoms with Gasteiger partial charge in [0.25, 0.3) is 0 Å². The highest BCUT2D eigenvalue weighted by molar-refractivity contribution is 7.98. The second-order valence-corrected chi connectivity index (χ2v) is 5.59. The Morgan fingerprint density at radius 2 is 2.05 bits per heavy atom. The Balaban J connectivity index is 2.13. The second kappa shape index (κ2) is 6.56. The average Bonchev–Trinajstić information content (AvgIpc) is 2.46. The van der Waals surface area contributed by atoms with E-state index in [2.05, 4.69) is 0 Å². The third-order valence-corrected chi connectivity index (χ3v) is 4.02. The summed E-state index contributed by atoms with van der Waals surface area (Å²) >= 11 is 1.53. The molecule has 0 radical (unpaired) electrons. The number of nitriles is 1. The molecule has 2 N–H and O–H groups in total. The lowest BCUT2D eigenvalue weighted by Crippen LogP contribution is -2.04. The smallest absolute Gasteiger partial charge is 0.144 e. The minimum Gasteiger partial charge on any atom is -0.324 e. The summed E-state index contributed by atoms with van der Waals surface area (Å²) in [6.45, 7) is 1.93. The van der Waals surface area contributed by atoms with Crippen molar-refractivity contribution in [3.63, 3.8) is 0 Å². The molecule has 0 heterocycles. The molecule has 0 amide bonds. The Kier molecular flexibility index (Phi) is 4.78. The third-order valence-electron chi connectivity index (χ3n) is 2.98. The number of rotatable bonds is 4. The fraction of sp³-hybridized carbons (Fsp3) is 0.188. The van der Waals surface area contributed by atoms with Gasteiger partial charge < -0.3 is 5.73 Å². The summed E-state index contributed by atoms with van der Waals surface area (Å²) in [6.07, 6.45) is 0. The maximum atomic E-state index is 13.9. The predicted octanol–water partition coefficient (Wildman–Crippen LogP) is 4.01. The van der Waals surface area contributed by atoms with Crippen LogP contribution in [0.3, 0.4) is 0 Å². The van der Waals surface area contributed by atoms with Gasteiger partial charge in [0.05, 0.1) is 5.56 Å². The maximum Gasteiger partial charge on any atom is 0.144 e. The second-order valence-electron chi connectivity index (χ2n) is 4.54. The van der Waals surface area contributed by atoms with Crippen LogP contribution in [0.5, 0.6) is 0 Å². The number of benzene rings is 2. The van der Waals surface area contributed by atoms with Crippen LogP contribution >= 0.6 is 11.8 Å². The zero-order valence-corrected chi connectivity index (χ0v) is 12.0. The van der Waals surface area contributed by atoms with Crippen molar-refractivity contribution in [2.24, 2.45) is 5.73 Å². The molecule has 0 aliphatic carbocycles. The van der Waals surface area contributed by atoms with Gasteiger partial charge in [-0.1, -0.05) is 24.3 Å². The SMILES string of the molecule is CC(N)c1cccc(SCc2cccc(C#N)c2F)c1. The summed E-state index contributed by atoms with van der Waals surface area (Å²) in [5.74, 6) is 0.0647. The number of nitrogens with zero attached hydrogens (tertiary/aromatic N) is 1. The molecule has 1 atom stereocenters. The van der Waals surface area contributed by atoms with Crippen molar-refractivity contribution in [2.75, 3.05) is 0 Å². The van der Waals surface area contributed by atoms with E-state index in [1.165, 1.54) is 17.8 Å². The van der Waals surface area contributed by atoms with E-state index < -0.39 is 5.82 Å². The highest BCUT2D eigenvalue weighted by Gasteiger charge is 2.08. The topological polar surface area (TPSA) is 49.8 Å². The molecule has 102 valence electrons. The Morgan fingerprint density at radius 3 is 2.75 bits per heavy atom. The van der Waals surface area contributed by atoms with Gasteiger partial charge in [0, 0.05) is 16.7 Å². The van der Waals surface area contributed by atoms with Crippen LogP contribution in [-0.4, -0.2) is 0 Å².